The number of anilines is 1. The van der Waals surface area contributed by atoms with Crippen LogP contribution in [0, 0.1) is 6.92 Å². The number of aromatic nitrogens is 1. The third-order valence-electron chi connectivity index (χ3n) is 2.92. The van der Waals surface area contributed by atoms with E-state index in [2.05, 4.69) is 10.3 Å². The lowest BCUT2D eigenvalue weighted by atomic mass is 10.1. The summed E-state index contributed by atoms with van der Waals surface area (Å²) in [6, 6.07) is 7.91. The number of carbonyl (C=O) groups is 2. The second-order valence-corrected chi connectivity index (χ2v) is 4.38. The Morgan fingerprint density at radius 1 is 1.19 bits per heavy atom. The predicted molar refractivity (Wildman–Crippen MR) is 76.9 cm³/mol. The molecule has 1 aromatic heterocycles. The first-order chi connectivity index (χ1) is 10.0. The number of nitrogens with one attached hydrogen (secondary N) is 1. The molecule has 0 atom stereocenters. The minimum absolute atomic E-state index is 0.0602. The van der Waals surface area contributed by atoms with E-state index in [1.54, 1.807) is 18.2 Å². The Balaban J connectivity index is 2.15. The summed E-state index contributed by atoms with van der Waals surface area (Å²) < 4.78 is 5.17. The third-order valence-corrected chi connectivity index (χ3v) is 2.92. The zero-order valence-corrected chi connectivity index (χ0v) is 11.6. The molecule has 0 aliphatic carbocycles. The molecule has 0 radical (unpaired) electrons. The molecule has 0 unspecified atom stereocenters. The molecule has 0 saturated heterocycles. The maximum atomic E-state index is 12.1. The molecule has 0 spiro atoms. The van der Waals surface area contributed by atoms with Crippen LogP contribution < -0.4 is 10.1 Å². The normalized spacial score (nSPS) is 10.0. The summed E-state index contributed by atoms with van der Waals surface area (Å²) in [6.45, 7) is 1.88. The monoisotopic (exact) mass is 286 g/mol. The predicted octanol–water partition coefficient (Wildman–Crippen LogP) is 2.35. The topological polar surface area (TPSA) is 88.5 Å². The van der Waals surface area contributed by atoms with E-state index in [1.165, 1.54) is 25.4 Å². The highest BCUT2D eigenvalue weighted by atomic mass is 16.5. The Morgan fingerprint density at radius 2 is 1.90 bits per heavy atom. The van der Waals surface area contributed by atoms with E-state index >= 15 is 0 Å². The Labute approximate surface area is 121 Å². The Morgan fingerprint density at radius 3 is 2.48 bits per heavy atom. The number of carboxylic acid groups (broad SMARTS) is 1. The third kappa shape index (κ3) is 3.36. The fourth-order valence-corrected chi connectivity index (χ4v) is 1.74. The molecule has 6 heteroatoms. The summed E-state index contributed by atoms with van der Waals surface area (Å²) in [5, 5.41) is 11.4. The van der Waals surface area contributed by atoms with Crippen molar-refractivity contribution in [2.24, 2.45) is 0 Å². The summed E-state index contributed by atoms with van der Waals surface area (Å²) >= 11 is 0. The molecule has 0 aliphatic rings. The summed E-state index contributed by atoms with van der Waals surface area (Å²) in [4.78, 5) is 26.7. The van der Waals surface area contributed by atoms with Crippen LogP contribution in [0.4, 0.5) is 5.82 Å². The Bertz CT molecular complexity index is 681. The number of hydrogen-bond donors (Lipinski definition) is 2. The number of methoxy groups -OCH3 is 1. The van der Waals surface area contributed by atoms with Crippen molar-refractivity contribution in [1.29, 1.82) is 0 Å². The number of benzene rings is 1. The fourth-order valence-electron chi connectivity index (χ4n) is 1.74. The van der Waals surface area contributed by atoms with Gasteiger partial charge in [-0.25, -0.2) is 9.78 Å². The van der Waals surface area contributed by atoms with Crippen molar-refractivity contribution >= 4 is 17.7 Å². The van der Waals surface area contributed by atoms with Gasteiger partial charge in [0.2, 0.25) is 0 Å². The summed E-state index contributed by atoms with van der Waals surface area (Å²) in [7, 11) is 1.54. The maximum Gasteiger partial charge on any atom is 0.337 e. The number of ether oxygens (including phenoxy) is 1. The average molecular weight is 286 g/mol. The fraction of sp³-hybridized carbons (Fsp3) is 0.133. The largest absolute Gasteiger partial charge is 0.496 e. The van der Waals surface area contributed by atoms with Crippen molar-refractivity contribution in [1.82, 2.24) is 4.98 Å². The van der Waals surface area contributed by atoms with Gasteiger partial charge in [-0.3, -0.25) is 4.79 Å². The van der Waals surface area contributed by atoms with E-state index in [4.69, 9.17) is 9.84 Å². The molecule has 2 aromatic rings. The first-order valence-electron chi connectivity index (χ1n) is 6.16. The molecule has 2 rings (SSSR count). The van der Waals surface area contributed by atoms with Gasteiger partial charge in [0.05, 0.1) is 12.7 Å². The van der Waals surface area contributed by atoms with Crippen LogP contribution in [0.15, 0.2) is 36.5 Å². The van der Waals surface area contributed by atoms with E-state index < -0.39 is 5.97 Å². The van der Waals surface area contributed by atoms with Crippen molar-refractivity contribution in [3.05, 3.63) is 53.2 Å². The minimum atomic E-state index is -1.07. The number of hydrogen-bond acceptors (Lipinski definition) is 4. The van der Waals surface area contributed by atoms with Gasteiger partial charge in [0, 0.05) is 11.8 Å². The number of pyridine rings is 1. The number of carbonyl (C=O) groups excluding carboxylic acids is 1. The van der Waals surface area contributed by atoms with Gasteiger partial charge in [-0.2, -0.15) is 0 Å². The number of aromatic carboxylic acids is 1. The standard InChI is InChI=1S/C15H14N2O4/c1-9-3-4-10(7-12(9)21-2)14(18)17-13-6-5-11(8-16-13)15(19)20/h3-8H,1-2H3,(H,19,20)(H,16,17,18). The van der Waals surface area contributed by atoms with Crippen molar-refractivity contribution in [2.45, 2.75) is 6.92 Å². The van der Waals surface area contributed by atoms with Crippen LogP contribution in [0.3, 0.4) is 0 Å². The van der Waals surface area contributed by atoms with Crippen LogP contribution in [-0.2, 0) is 0 Å². The molecule has 6 nitrogen and oxygen atoms in total. The quantitative estimate of drug-likeness (QED) is 0.900. The van der Waals surface area contributed by atoms with Gasteiger partial charge in [-0.1, -0.05) is 6.07 Å². The van der Waals surface area contributed by atoms with E-state index in [1.807, 2.05) is 6.92 Å². The molecule has 0 aliphatic heterocycles. The molecule has 21 heavy (non-hydrogen) atoms. The van der Waals surface area contributed by atoms with E-state index in [9.17, 15) is 9.59 Å². The Hall–Kier alpha value is -2.89. The van der Waals surface area contributed by atoms with Crippen molar-refractivity contribution in [3.8, 4) is 5.75 Å². The molecule has 0 fully saturated rings. The number of aryl methyl sites for hydroxylation is 1. The van der Waals surface area contributed by atoms with Crippen LogP contribution in [0.1, 0.15) is 26.3 Å². The molecule has 1 heterocycles. The Kier molecular flexibility index (Phi) is 4.18. The van der Waals surface area contributed by atoms with E-state index in [0.29, 0.717) is 11.3 Å². The summed E-state index contributed by atoms with van der Waals surface area (Å²) in [6.07, 6.45) is 1.19. The molecule has 0 saturated carbocycles. The van der Waals surface area contributed by atoms with Gasteiger partial charge in [0.1, 0.15) is 11.6 Å². The maximum absolute atomic E-state index is 12.1. The molecule has 1 amide bonds. The SMILES string of the molecule is COc1cc(C(=O)Nc2ccc(C(=O)O)cn2)ccc1C. The average Bonchev–Trinajstić information content (AvgIpc) is 2.48. The highest BCUT2D eigenvalue weighted by Crippen LogP contribution is 2.19. The lowest BCUT2D eigenvalue weighted by Crippen LogP contribution is -2.13. The highest BCUT2D eigenvalue weighted by Gasteiger charge is 2.10. The first kappa shape index (κ1) is 14.5. The first-order valence-corrected chi connectivity index (χ1v) is 6.16. The van der Waals surface area contributed by atoms with Crippen LogP contribution in [0.5, 0.6) is 5.75 Å². The van der Waals surface area contributed by atoms with E-state index in [-0.39, 0.29) is 17.3 Å². The van der Waals surface area contributed by atoms with Crippen molar-refractivity contribution in [2.75, 3.05) is 12.4 Å². The molecule has 0 bridgehead atoms. The van der Waals surface area contributed by atoms with Crippen molar-refractivity contribution < 1.29 is 19.4 Å². The second kappa shape index (κ2) is 6.04. The summed E-state index contributed by atoms with van der Waals surface area (Å²) in [5.74, 6) is -0.506. The van der Waals surface area contributed by atoms with Gasteiger partial charge in [-0.05, 0) is 36.8 Å². The van der Waals surface area contributed by atoms with Gasteiger partial charge in [0.15, 0.2) is 0 Å². The lowest BCUT2D eigenvalue weighted by molar-refractivity contribution is 0.0696. The molecular formula is C15H14N2O4. The lowest BCUT2D eigenvalue weighted by Gasteiger charge is -2.08. The van der Waals surface area contributed by atoms with Crippen LogP contribution in [-0.4, -0.2) is 29.1 Å². The van der Waals surface area contributed by atoms with Gasteiger partial charge in [0.25, 0.3) is 5.91 Å². The van der Waals surface area contributed by atoms with E-state index in [0.717, 1.165) is 5.56 Å². The molecule has 2 N–H and O–H groups in total. The minimum Gasteiger partial charge on any atom is -0.496 e. The second-order valence-electron chi connectivity index (χ2n) is 4.38. The zero-order chi connectivity index (χ0) is 15.4. The highest BCUT2D eigenvalue weighted by molar-refractivity contribution is 6.04. The zero-order valence-electron chi connectivity index (χ0n) is 11.6. The number of rotatable bonds is 4. The van der Waals surface area contributed by atoms with Crippen LogP contribution in [0.25, 0.3) is 0 Å². The smallest absolute Gasteiger partial charge is 0.337 e. The molecule has 108 valence electrons. The summed E-state index contributed by atoms with van der Waals surface area (Å²) in [5.41, 5.74) is 1.42. The number of carboxylic acids is 1. The molecular weight excluding hydrogens is 272 g/mol. The number of amides is 1. The molecule has 1 aromatic carbocycles. The van der Waals surface area contributed by atoms with Crippen LogP contribution in [0.2, 0.25) is 0 Å². The van der Waals surface area contributed by atoms with Gasteiger partial charge in [-0.15, -0.1) is 0 Å². The van der Waals surface area contributed by atoms with Crippen LogP contribution >= 0.6 is 0 Å². The van der Waals surface area contributed by atoms with Gasteiger partial charge >= 0.3 is 5.97 Å². The van der Waals surface area contributed by atoms with Crippen molar-refractivity contribution in [3.63, 3.8) is 0 Å². The van der Waals surface area contributed by atoms with Gasteiger partial charge < -0.3 is 15.2 Å². The number of nitrogens with zero attached hydrogens (tertiary/aromatic N) is 1.